The Hall–Kier alpha value is -1.63. The van der Waals surface area contributed by atoms with Gasteiger partial charge in [-0.3, -0.25) is 9.59 Å². The summed E-state index contributed by atoms with van der Waals surface area (Å²) in [5.41, 5.74) is 0.480. The lowest BCUT2D eigenvalue weighted by Crippen LogP contribution is -2.39. The van der Waals surface area contributed by atoms with Gasteiger partial charge in [-0.1, -0.05) is 11.6 Å². The first-order chi connectivity index (χ1) is 9.13. The third-order valence-electron chi connectivity index (χ3n) is 2.32. The molecule has 1 rings (SSSR count). The van der Waals surface area contributed by atoms with E-state index in [0.29, 0.717) is 18.7 Å². The summed E-state index contributed by atoms with van der Waals surface area (Å²) >= 11 is 1.77. The molecule has 0 unspecified atom stereocenters. The smallest absolute Gasteiger partial charge is 0.309 e. The molecule has 1 heterocycles. The fraction of sp³-hybridized carbons (Fsp3) is 0.500. The molecular weight excluding hydrogens is 266 g/mol. The number of thioether (sulfide) groups is 1. The topological polar surface area (TPSA) is 83.2 Å². The Bertz CT molecular complexity index is 423. The first kappa shape index (κ1) is 15.4. The number of hydrogen-bond donors (Lipinski definition) is 2. The first-order valence-electron chi connectivity index (χ1n) is 6.07. The van der Waals surface area contributed by atoms with Crippen LogP contribution in [0, 0.1) is 0 Å². The summed E-state index contributed by atoms with van der Waals surface area (Å²) in [6.07, 6.45) is 3.07. The highest BCUT2D eigenvalue weighted by molar-refractivity contribution is 7.99. The quantitative estimate of drug-likeness (QED) is 0.531. The lowest BCUT2D eigenvalue weighted by atomic mass is 10.3. The zero-order valence-electron chi connectivity index (χ0n) is 10.8. The predicted molar refractivity (Wildman–Crippen MR) is 72.0 cm³/mol. The number of carboxylic acids is 1. The SMILES string of the molecule is CCSCCNC(=O)c1cc[n+](CCC(=O)O)nc1. The number of hydrogen-bond acceptors (Lipinski definition) is 4. The summed E-state index contributed by atoms with van der Waals surface area (Å²) < 4.78 is 1.50. The van der Waals surface area contributed by atoms with Gasteiger partial charge in [0.2, 0.25) is 0 Å². The second kappa shape index (κ2) is 8.47. The summed E-state index contributed by atoms with van der Waals surface area (Å²) in [7, 11) is 0. The van der Waals surface area contributed by atoms with E-state index in [9.17, 15) is 9.59 Å². The number of carbonyl (C=O) groups is 2. The molecule has 104 valence electrons. The van der Waals surface area contributed by atoms with Crippen LogP contribution in [-0.2, 0) is 11.3 Å². The molecule has 0 aromatic carbocycles. The van der Waals surface area contributed by atoms with Crippen LogP contribution in [0.1, 0.15) is 23.7 Å². The summed E-state index contributed by atoms with van der Waals surface area (Å²) in [5, 5.41) is 15.4. The molecule has 2 N–H and O–H groups in total. The highest BCUT2D eigenvalue weighted by Crippen LogP contribution is 1.97. The van der Waals surface area contributed by atoms with E-state index in [0.717, 1.165) is 11.5 Å². The third kappa shape index (κ3) is 6.19. The fourth-order valence-electron chi connectivity index (χ4n) is 1.34. The van der Waals surface area contributed by atoms with Crippen LogP contribution >= 0.6 is 11.8 Å². The van der Waals surface area contributed by atoms with Crippen molar-refractivity contribution in [1.29, 1.82) is 0 Å². The number of amides is 1. The van der Waals surface area contributed by atoms with Gasteiger partial charge in [0.05, 0.1) is 5.56 Å². The highest BCUT2D eigenvalue weighted by atomic mass is 32.2. The maximum atomic E-state index is 11.7. The average Bonchev–Trinajstić information content (AvgIpc) is 2.41. The zero-order valence-corrected chi connectivity index (χ0v) is 11.7. The van der Waals surface area contributed by atoms with E-state index in [4.69, 9.17) is 5.11 Å². The summed E-state index contributed by atoms with van der Waals surface area (Å²) in [6.45, 7) is 3.00. The Morgan fingerprint density at radius 3 is 2.89 bits per heavy atom. The molecule has 0 radical (unpaired) electrons. The molecule has 0 saturated heterocycles. The van der Waals surface area contributed by atoms with E-state index >= 15 is 0 Å². The maximum Gasteiger partial charge on any atom is 0.309 e. The van der Waals surface area contributed by atoms with Crippen molar-refractivity contribution in [2.45, 2.75) is 19.9 Å². The molecule has 1 amide bonds. The van der Waals surface area contributed by atoms with Crippen molar-refractivity contribution in [1.82, 2.24) is 10.4 Å². The van der Waals surface area contributed by atoms with E-state index in [2.05, 4.69) is 17.3 Å². The summed E-state index contributed by atoms with van der Waals surface area (Å²) in [6, 6.07) is 1.64. The number of nitrogens with zero attached hydrogens (tertiary/aromatic N) is 2. The van der Waals surface area contributed by atoms with Crippen molar-refractivity contribution in [2.24, 2.45) is 0 Å². The van der Waals surface area contributed by atoms with Gasteiger partial charge in [0.25, 0.3) is 5.91 Å². The van der Waals surface area contributed by atoms with Gasteiger partial charge >= 0.3 is 5.97 Å². The molecule has 1 aromatic rings. The highest BCUT2D eigenvalue weighted by Gasteiger charge is 2.10. The normalized spacial score (nSPS) is 10.2. The van der Waals surface area contributed by atoms with E-state index in [1.807, 2.05) is 0 Å². The van der Waals surface area contributed by atoms with Gasteiger partial charge in [0, 0.05) is 18.4 Å². The van der Waals surface area contributed by atoms with Crippen molar-refractivity contribution in [2.75, 3.05) is 18.1 Å². The minimum atomic E-state index is -0.871. The molecule has 7 heteroatoms. The summed E-state index contributed by atoms with van der Waals surface area (Å²) in [5.74, 6) is 0.895. The number of aryl methyl sites for hydroxylation is 1. The van der Waals surface area contributed by atoms with Crippen LogP contribution in [0.2, 0.25) is 0 Å². The lowest BCUT2D eigenvalue weighted by molar-refractivity contribution is -0.753. The lowest BCUT2D eigenvalue weighted by Gasteiger charge is -2.03. The fourth-order valence-corrected chi connectivity index (χ4v) is 1.88. The molecule has 0 saturated carbocycles. The summed E-state index contributed by atoms with van der Waals surface area (Å²) in [4.78, 5) is 22.1. The van der Waals surface area contributed by atoms with Gasteiger partial charge in [-0.2, -0.15) is 11.8 Å². The number of nitrogens with one attached hydrogen (secondary N) is 1. The predicted octanol–water partition coefficient (Wildman–Crippen LogP) is 0.327. The Labute approximate surface area is 116 Å². The molecule has 0 fully saturated rings. The van der Waals surface area contributed by atoms with Crippen LogP contribution in [0.25, 0.3) is 0 Å². The molecule has 0 bridgehead atoms. The Morgan fingerprint density at radius 2 is 2.32 bits per heavy atom. The Balaban J connectivity index is 2.42. The molecule has 0 spiro atoms. The van der Waals surface area contributed by atoms with Crippen molar-refractivity contribution in [3.63, 3.8) is 0 Å². The van der Waals surface area contributed by atoms with Crippen molar-refractivity contribution in [3.05, 3.63) is 24.0 Å². The molecular formula is C12H18N3O3S+. The van der Waals surface area contributed by atoms with E-state index in [1.165, 1.54) is 10.9 Å². The van der Waals surface area contributed by atoms with Gasteiger partial charge in [-0.15, -0.1) is 0 Å². The van der Waals surface area contributed by atoms with Crippen LogP contribution in [0.5, 0.6) is 0 Å². The number of rotatable bonds is 8. The average molecular weight is 284 g/mol. The van der Waals surface area contributed by atoms with Crippen LogP contribution in [0.15, 0.2) is 18.5 Å². The molecule has 0 aliphatic carbocycles. The minimum absolute atomic E-state index is 0.0114. The van der Waals surface area contributed by atoms with Gasteiger partial charge in [-0.25, -0.2) is 0 Å². The van der Waals surface area contributed by atoms with Crippen LogP contribution in [-0.4, -0.2) is 40.1 Å². The molecule has 0 aliphatic rings. The largest absolute Gasteiger partial charge is 0.481 e. The van der Waals surface area contributed by atoms with E-state index in [1.54, 1.807) is 24.0 Å². The molecule has 0 aliphatic heterocycles. The van der Waals surface area contributed by atoms with Crippen molar-refractivity contribution >= 4 is 23.6 Å². The number of carbonyl (C=O) groups excluding carboxylic acids is 1. The van der Waals surface area contributed by atoms with Crippen LogP contribution in [0.3, 0.4) is 0 Å². The van der Waals surface area contributed by atoms with Gasteiger partial charge in [-0.05, 0) is 10.9 Å². The second-order valence-electron chi connectivity index (χ2n) is 3.78. The van der Waals surface area contributed by atoms with Crippen molar-refractivity contribution < 1.29 is 19.4 Å². The van der Waals surface area contributed by atoms with Crippen LogP contribution < -0.4 is 10.00 Å². The molecule has 6 nitrogen and oxygen atoms in total. The zero-order chi connectivity index (χ0) is 14.1. The van der Waals surface area contributed by atoms with Crippen molar-refractivity contribution in [3.8, 4) is 0 Å². The maximum absolute atomic E-state index is 11.7. The molecule has 1 aromatic heterocycles. The second-order valence-corrected chi connectivity index (χ2v) is 5.17. The molecule has 0 atom stereocenters. The third-order valence-corrected chi connectivity index (χ3v) is 3.23. The van der Waals surface area contributed by atoms with E-state index < -0.39 is 5.97 Å². The minimum Gasteiger partial charge on any atom is -0.481 e. The van der Waals surface area contributed by atoms with E-state index in [-0.39, 0.29) is 12.3 Å². The Morgan fingerprint density at radius 1 is 1.53 bits per heavy atom. The molecule has 19 heavy (non-hydrogen) atoms. The van der Waals surface area contributed by atoms with Gasteiger partial charge < -0.3 is 10.4 Å². The monoisotopic (exact) mass is 284 g/mol. The standard InChI is InChI=1S/C12H17N3O3S/c1-2-19-8-5-13-12(18)10-3-6-15(14-9-10)7-4-11(16)17/h3,6,9H,2,4-5,7-8H2,1H3,(H-,13,16,17,18)/p+1. The first-order valence-corrected chi connectivity index (χ1v) is 7.22. The van der Waals surface area contributed by atoms with Crippen LogP contribution in [0.4, 0.5) is 0 Å². The Kier molecular flexibility index (Phi) is 6.88. The number of carboxylic acid groups (broad SMARTS) is 1. The van der Waals surface area contributed by atoms with Gasteiger partial charge in [0.15, 0.2) is 12.7 Å². The van der Waals surface area contributed by atoms with Gasteiger partial charge in [0.1, 0.15) is 12.6 Å². The number of aliphatic carboxylic acids is 1. The number of aromatic nitrogens is 2.